The van der Waals surface area contributed by atoms with E-state index in [0.717, 1.165) is 25.2 Å². The van der Waals surface area contributed by atoms with Crippen molar-refractivity contribution in [1.82, 2.24) is 0 Å². The van der Waals surface area contributed by atoms with E-state index >= 15 is 0 Å². The van der Waals surface area contributed by atoms with Crippen molar-refractivity contribution in [1.29, 1.82) is 0 Å². The highest BCUT2D eigenvalue weighted by molar-refractivity contribution is 5.86. The lowest BCUT2D eigenvalue weighted by atomic mass is 9.87. The summed E-state index contributed by atoms with van der Waals surface area (Å²) in [6.07, 6.45) is 0.479. The molecule has 1 heterocycles. The zero-order valence-corrected chi connectivity index (χ0v) is 17.8. The third kappa shape index (κ3) is 4.65. The average molecular weight is 401 g/mol. The molecule has 4 rings (SSSR count). The van der Waals surface area contributed by atoms with Crippen LogP contribution in [0.1, 0.15) is 37.5 Å². The summed E-state index contributed by atoms with van der Waals surface area (Å²) in [5.41, 5.74) is 5.75. The number of fused-ring (bicyclic) bond motifs is 1. The number of anilines is 2. The Morgan fingerprint density at radius 3 is 2.43 bits per heavy atom. The largest absolute Gasteiger partial charge is 0.417 e. The standard InChI is InChI=1S/C26H28N2O2/c1-26(2,3)21-9-11-22(12-10-21)27-25(29)30-23-13-14-24-20(17-23)15-16-28(24)18-19-7-5-4-6-8-19/h4-14,17H,15-16,18H2,1-3H3,(H,27,29). The highest BCUT2D eigenvalue weighted by atomic mass is 16.6. The minimum Gasteiger partial charge on any atom is -0.410 e. The van der Waals surface area contributed by atoms with Gasteiger partial charge in [-0.15, -0.1) is 0 Å². The van der Waals surface area contributed by atoms with Crippen molar-refractivity contribution in [3.8, 4) is 5.75 Å². The lowest BCUT2D eigenvalue weighted by Gasteiger charge is -2.20. The maximum atomic E-state index is 12.3. The minimum atomic E-state index is -0.474. The van der Waals surface area contributed by atoms with Gasteiger partial charge in [0.05, 0.1) is 0 Å². The van der Waals surface area contributed by atoms with E-state index in [-0.39, 0.29) is 5.41 Å². The summed E-state index contributed by atoms with van der Waals surface area (Å²) in [5, 5.41) is 2.81. The Kier molecular flexibility index (Phi) is 5.49. The summed E-state index contributed by atoms with van der Waals surface area (Å²) in [5.74, 6) is 0.569. The highest BCUT2D eigenvalue weighted by Crippen LogP contribution is 2.32. The van der Waals surface area contributed by atoms with Gasteiger partial charge in [0.1, 0.15) is 5.75 Å². The topological polar surface area (TPSA) is 41.6 Å². The van der Waals surface area contributed by atoms with Crippen LogP contribution in [0.4, 0.5) is 16.2 Å². The predicted molar refractivity (Wildman–Crippen MR) is 122 cm³/mol. The fraction of sp³-hybridized carbons (Fsp3) is 0.269. The van der Waals surface area contributed by atoms with E-state index in [1.807, 2.05) is 48.5 Å². The fourth-order valence-corrected chi connectivity index (χ4v) is 3.78. The number of rotatable bonds is 4. The van der Waals surface area contributed by atoms with Gasteiger partial charge in [0.15, 0.2) is 0 Å². The van der Waals surface area contributed by atoms with Crippen LogP contribution in [0.25, 0.3) is 0 Å². The van der Waals surface area contributed by atoms with Crippen molar-refractivity contribution < 1.29 is 9.53 Å². The fourth-order valence-electron chi connectivity index (χ4n) is 3.78. The zero-order valence-electron chi connectivity index (χ0n) is 17.8. The molecule has 0 atom stereocenters. The van der Waals surface area contributed by atoms with Crippen molar-refractivity contribution >= 4 is 17.5 Å². The predicted octanol–water partition coefficient (Wildman–Crippen LogP) is 6.16. The first-order valence-corrected chi connectivity index (χ1v) is 10.4. The first kappa shape index (κ1) is 20.0. The van der Waals surface area contributed by atoms with E-state index < -0.39 is 6.09 Å². The van der Waals surface area contributed by atoms with Gasteiger partial charge in [-0.05, 0) is 58.9 Å². The van der Waals surface area contributed by atoms with Crippen LogP contribution in [-0.4, -0.2) is 12.6 Å². The third-order valence-corrected chi connectivity index (χ3v) is 5.47. The van der Waals surface area contributed by atoms with Crippen LogP contribution in [0, 0.1) is 0 Å². The van der Waals surface area contributed by atoms with Crippen LogP contribution in [0.2, 0.25) is 0 Å². The molecule has 154 valence electrons. The van der Waals surface area contributed by atoms with Crippen molar-refractivity contribution in [2.45, 2.75) is 39.2 Å². The number of amides is 1. The lowest BCUT2D eigenvalue weighted by Crippen LogP contribution is -2.19. The molecular weight excluding hydrogens is 372 g/mol. The zero-order chi connectivity index (χ0) is 21.1. The number of nitrogens with one attached hydrogen (secondary N) is 1. The van der Waals surface area contributed by atoms with Gasteiger partial charge in [-0.3, -0.25) is 5.32 Å². The van der Waals surface area contributed by atoms with E-state index in [1.165, 1.54) is 22.4 Å². The van der Waals surface area contributed by atoms with Crippen molar-refractivity contribution in [3.05, 3.63) is 89.5 Å². The van der Waals surface area contributed by atoms with Crippen molar-refractivity contribution in [2.75, 3.05) is 16.8 Å². The first-order chi connectivity index (χ1) is 14.4. The Morgan fingerprint density at radius 2 is 1.73 bits per heavy atom. The molecule has 0 radical (unpaired) electrons. The molecule has 0 saturated heterocycles. The molecule has 1 aliphatic rings. The van der Waals surface area contributed by atoms with E-state index in [1.54, 1.807) is 0 Å². The van der Waals surface area contributed by atoms with Gasteiger partial charge in [0.2, 0.25) is 0 Å². The van der Waals surface area contributed by atoms with Crippen LogP contribution in [0.3, 0.4) is 0 Å². The van der Waals surface area contributed by atoms with Gasteiger partial charge in [-0.1, -0.05) is 63.2 Å². The normalized spacial score (nSPS) is 13.1. The molecule has 4 heteroatoms. The molecule has 0 fully saturated rings. The van der Waals surface area contributed by atoms with Gasteiger partial charge < -0.3 is 9.64 Å². The quantitative estimate of drug-likeness (QED) is 0.570. The molecule has 0 aromatic heterocycles. The number of carbonyl (C=O) groups excluding carboxylic acids is 1. The molecule has 0 bridgehead atoms. The van der Waals surface area contributed by atoms with Crippen LogP contribution in [0.15, 0.2) is 72.8 Å². The SMILES string of the molecule is CC(C)(C)c1ccc(NC(=O)Oc2ccc3c(c2)CCN3Cc2ccccc2)cc1. The van der Waals surface area contributed by atoms with Gasteiger partial charge in [0.25, 0.3) is 0 Å². The maximum Gasteiger partial charge on any atom is 0.417 e. The summed E-state index contributed by atoms with van der Waals surface area (Å²) in [6.45, 7) is 8.36. The molecule has 0 aliphatic carbocycles. The van der Waals surface area contributed by atoms with Gasteiger partial charge >= 0.3 is 6.09 Å². The summed E-state index contributed by atoms with van der Waals surface area (Å²) in [4.78, 5) is 14.7. The Morgan fingerprint density at radius 1 is 1.00 bits per heavy atom. The Hall–Kier alpha value is -3.27. The lowest BCUT2D eigenvalue weighted by molar-refractivity contribution is 0.215. The van der Waals surface area contributed by atoms with Gasteiger partial charge in [-0.25, -0.2) is 4.79 Å². The second-order valence-corrected chi connectivity index (χ2v) is 8.79. The molecule has 0 unspecified atom stereocenters. The molecule has 1 N–H and O–H groups in total. The molecule has 4 nitrogen and oxygen atoms in total. The van der Waals surface area contributed by atoms with Crippen molar-refractivity contribution in [3.63, 3.8) is 0 Å². The van der Waals surface area contributed by atoms with Crippen LogP contribution in [-0.2, 0) is 18.4 Å². The smallest absolute Gasteiger partial charge is 0.410 e. The first-order valence-electron chi connectivity index (χ1n) is 10.4. The minimum absolute atomic E-state index is 0.0812. The number of nitrogens with zero attached hydrogens (tertiary/aromatic N) is 1. The molecule has 1 amide bonds. The number of benzene rings is 3. The monoisotopic (exact) mass is 400 g/mol. The maximum absolute atomic E-state index is 12.3. The number of hydrogen-bond acceptors (Lipinski definition) is 3. The Labute approximate surface area is 178 Å². The molecule has 30 heavy (non-hydrogen) atoms. The average Bonchev–Trinajstić information content (AvgIpc) is 3.10. The van der Waals surface area contributed by atoms with Crippen LogP contribution >= 0.6 is 0 Å². The number of hydrogen-bond donors (Lipinski definition) is 1. The van der Waals surface area contributed by atoms with E-state index in [2.05, 4.69) is 55.3 Å². The molecule has 0 spiro atoms. The van der Waals surface area contributed by atoms with Crippen LogP contribution < -0.4 is 15.0 Å². The molecule has 0 saturated carbocycles. The Bertz CT molecular complexity index is 1020. The highest BCUT2D eigenvalue weighted by Gasteiger charge is 2.20. The second kappa shape index (κ2) is 8.23. The molecule has 1 aliphatic heterocycles. The number of carbonyl (C=O) groups is 1. The van der Waals surface area contributed by atoms with E-state index in [4.69, 9.17) is 4.74 Å². The summed E-state index contributed by atoms with van der Waals surface area (Å²) < 4.78 is 5.53. The molecule has 3 aromatic carbocycles. The van der Waals surface area contributed by atoms with E-state index in [9.17, 15) is 4.79 Å². The van der Waals surface area contributed by atoms with Crippen LogP contribution in [0.5, 0.6) is 5.75 Å². The van der Waals surface area contributed by atoms with Gasteiger partial charge in [-0.2, -0.15) is 0 Å². The molecule has 3 aromatic rings. The van der Waals surface area contributed by atoms with E-state index in [0.29, 0.717) is 5.75 Å². The third-order valence-electron chi connectivity index (χ3n) is 5.47. The molecular formula is C26H28N2O2. The van der Waals surface area contributed by atoms with Crippen molar-refractivity contribution in [2.24, 2.45) is 0 Å². The number of ether oxygens (including phenoxy) is 1. The summed E-state index contributed by atoms with van der Waals surface area (Å²) in [6, 6.07) is 24.2. The second-order valence-electron chi connectivity index (χ2n) is 8.79. The Balaban J connectivity index is 1.38. The summed E-state index contributed by atoms with van der Waals surface area (Å²) >= 11 is 0. The summed E-state index contributed by atoms with van der Waals surface area (Å²) in [7, 11) is 0. The van der Waals surface area contributed by atoms with Gasteiger partial charge in [0, 0.05) is 24.5 Å².